The third-order valence-electron chi connectivity index (χ3n) is 2.42. The second kappa shape index (κ2) is 5.75. The zero-order valence-electron chi connectivity index (χ0n) is 9.44. The first-order chi connectivity index (χ1) is 7.59. The molecule has 0 saturated heterocycles. The van der Waals surface area contributed by atoms with Gasteiger partial charge in [-0.2, -0.15) is 0 Å². The fourth-order valence-corrected chi connectivity index (χ4v) is 1.65. The predicted octanol–water partition coefficient (Wildman–Crippen LogP) is 0.657. The van der Waals surface area contributed by atoms with Gasteiger partial charge in [-0.1, -0.05) is 24.3 Å². The Morgan fingerprint density at radius 3 is 1.47 bits per heavy atom. The van der Waals surface area contributed by atoms with E-state index in [0.29, 0.717) is 0 Å². The normalized spacial score (nSPS) is 9.65. The Balaban J connectivity index is 0.00000144. The molecule has 0 atom stereocenters. The van der Waals surface area contributed by atoms with Crippen LogP contribution in [0.3, 0.4) is 0 Å². The summed E-state index contributed by atoms with van der Waals surface area (Å²) in [6, 6.07) is 10.5. The number of benzene rings is 2. The summed E-state index contributed by atoms with van der Waals surface area (Å²) in [5.41, 5.74) is 10.7. The first-order valence-electron chi connectivity index (χ1n) is 4.72. The Labute approximate surface area is 141 Å². The minimum Gasteiger partial charge on any atom is -0.366 e. The minimum absolute atomic E-state index is 0. The number of amides is 2. The molecule has 2 aromatic rings. The van der Waals surface area contributed by atoms with Crippen LogP contribution < -0.4 is 11.5 Å². The number of carbonyl (C=O) groups excluding carboxylic acids is 2. The molecule has 0 spiro atoms. The van der Waals surface area contributed by atoms with Crippen LogP contribution in [-0.2, 0) is 0 Å². The molecule has 17 heavy (non-hydrogen) atoms. The van der Waals surface area contributed by atoms with Crippen LogP contribution in [0.25, 0.3) is 10.8 Å². The molecule has 0 heterocycles. The third kappa shape index (κ3) is 2.94. The van der Waals surface area contributed by atoms with E-state index in [1.807, 2.05) is 24.3 Å². The maximum absolute atomic E-state index is 11.2. The summed E-state index contributed by atoms with van der Waals surface area (Å²) in [6.07, 6.45) is 0. The van der Waals surface area contributed by atoms with Gasteiger partial charge in [0.15, 0.2) is 0 Å². The predicted molar refractivity (Wildman–Crippen MR) is 66.7 cm³/mol. The van der Waals surface area contributed by atoms with Crippen molar-refractivity contribution < 1.29 is 9.59 Å². The van der Waals surface area contributed by atoms with Crippen molar-refractivity contribution in [1.29, 1.82) is 0 Å². The van der Waals surface area contributed by atoms with Gasteiger partial charge in [0.05, 0.1) is 11.1 Å². The summed E-state index contributed by atoms with van der Waals surface area (Å²) in [6.45, 7) is 0. The van der Waals surface area contributed by atoms with Gasteiger partial charge >= 0.3 is 0 Å². The van der Waals surface area contributed by atoms with Crippen LogP contribution >= 0.6 is 0 Å². The summed E-state index contributed by atoms with van der Waals surface area (Å²) in [5, 5.41) is 1.70. The quantitative estimate of drug-likeness (QED) is 0.770. The van der Waals surface area contributed by atoms with Crippen LogP contribution in [-0.4, -0.2) is 63.2 Å². The average molecular weight is 253 g/mol. The van der Waals surface area contributed by atoms with Gasteiger partial charge in [0.2, 0.25) is 11.8 Å². The Hall–Kier alpha value is -0.724. The molecule has 0 unspecified atom stereocenters. The topological polar surface area (TPSA) is 86.2 Å². The molecule has 4 N–H and O–H groups in total. The molecule has 0 aromatic heterocycles. The van der Waals surface area contributed by atoms with Crippen molar-refractivity contribution in [2.45, 2.75) is 0 Å². The first kappa shape index (κ1) is 14.3. The summed E-state index contributed by atoms with van der Waals surface area (Å²) >= 11 is 0. The number of carbonyl (C=O) groups is 2. The third-order valence-corrected chi connectivity index (χ3v) is 2.42. The molecule has 5 heteroatoms. The van der Waals surface area contributed by atoms with E-state index >= 15 is 0 Å². The maximum Gasteiger partial charge on any atom is 0.249 e. The van der Waals surface area contributed by atoms with Crippen molar-refractivity contribution in [3.8, 4) is 0 Å². The zero-order valence-corrected chi connectivity index (χ0v) is 12.6. The Morgan fingerprint density at radius 2 is 1.18 bits per heavy atom. The molecule has 2 amide bonds. The van der Waals surface area contributed by atoms with Gasteiger partial charge in [0, 0.05) is 51.4 Å². The van der Waals surface area contributed by atoms with Crippen molar-refractivity contribution in [3.63, 3.8) is 0 Å². The number of fused-ring (bicyclic) bond motifs is 1. The van der Waals surface area contributed by atoms with Crippen LogP contribution in [0, 0.1) is 0 Å². The molecule has 0 aliphatic carbocycles. The van der Waals surface area contributed by atoms with Crippen molar-refractivity contribution in [1.82, 2.24) is 0 Å². The van der Waals surface area contributed by atoms with Crippen molar-refractivity contribution in [2.24, 2.45) is 11.5 Å². The van der Waals surface area contributed by atoms with Gasteiger partial charge < -0.3 is 11.5 Å². The Bertz CT molecular complexity index is 544. The first-order valence-corrected chi connectivity index (χ1v) is 4.72. The van der Waals surface area contributed by atoms with Gasteiger partial charge in [-0.25, -0.2) is 0 Å². The minimum atomic E-state index is -0.653. The summed E-state index contributed by atoms with van der Waals surface area (Å²) in [7, 11) is 0. The largest absolute Gasteiger partial charge is 0.366 e. The molecule has 0 fully saturated rings. The molecule has 4 nitrogen and oxygen atoms in total. The van der Waals surface area contributed by atoms with E-state index in [1.165, 1.54) is 0 Å². The molecule has 81 valence electrons. The second-order valence-corrected chi connectivity index (χ2v) is 3.47. The summed E-state index contributed by atoms with van der Waals surface area (Å²) < 4.78 is 0. The number of nitrogens with two attached hydrogens (primary N) is 2. The number of rotatable bonds is 2. The SMILES string of the molecule is NC(=O)c1cc2ccccc2cc1C(N)=O.[K]. The van der Waals surface area contributed by atoms with Crippen LogP contribution in [0.4, 0.5) is 0 Å². The average Bonchev–Trinajstić information content (AvgIpc) is 2.27. The van der Waals surface area contributed by atoms with Gasteiger partial charge in [0.1, 0.15) is 0 Å². The molecule has 0 aliphatic heterocycles. The number of primary amides is 2. The van der Waals surface area contributed by atoms with Gasteiger partial charge in [-0.3, -0.25) is 9.59 Å². The van der Waals surface area contributed by atoms with E-state index in [4.69, 9.17) is 11.5 Å². The van der Waals surface area contributed by atoms with Crippen LogP contribution in [0.15, 0.2) is 36.4 Å². The van der Waals surface area contributed by atoms with Crippen molar-refractivity contribution in [2.75, 3.05) is 0 Å². The van der Waals surface area contributed by atoms with Crippen LogP contribution in [0.1, 0.15) is 20.7 Å². The fraction of sp³-hybridized carbons (Fsp3) is 0. The Morgan fingerprint density at radius 1 is 0.824 bits per heavy atom. The summed E-state index contributed by atoms with van der Waals surface area (Å²) in [4.78, 5) is 22.4. The monoisotopic (exact) mass is 253 g/mol. The molecular formula is C12H10KN2O2. The van der Waals surface area contributed by atoms with Gasteiger partial charge in [0.25, 0.3) is 0 Å². The van der Waals surface area contributed by atoms with E-state index in [1.54, 1.807) is 12.1 Å². The Kier molecular flexibility index (Phi) is 4.85. The van der Waals surface area contributed by atoms with E-state index in [0.717, 1.165) is 10.8 Å². The standard InChI is InChI=1S/C12H10N2O2.K/c13-11(15)9-5-7-3-1-2-4-8(7)6-10(9)12(14)16;/h1-6H,(H2,13,15)(H2,14,16);. The van der Waals surface area contributed by atoms with E-state index in [-0.39, 0.29) is 62.5 Å². The molecule has 0 aliphatic rings. The zero-order chi connectivity index (χ0) is 11.7. The molecule has 2 aromatic carbocycles. The molecule has 0 bridgehead atoms. The fourth-order valence-electron chi connectivity index (χ4n) is 1.65. The molecule has 0 saturated carbocycles. The van der Waals surface area contributed by atoms with Crippen LogP contribution in [0.5, 0.6) is 0 Å². The molecule has 2 rings (SSSR count). The molecular weight excluding hydrogens is 243 g/mol. The van der Waals surface area contributed by atoms with E-state index in [2.05, 4.69) is 0 Å². The molecule has 1 radical (unpaired) electrons. The number of hydrogen-bond donors (Lipinski definition) is 2. The van der Waals surface area contributed by atoms with Gasteiger partial charge in [-0.15, -0.1) is 0 Å². The van der Waals surface area contributed by atoms with Gasteiger partial charge in [-0.05, 0) is 22.9 Å². The summed E-state index contributed by atoms with van der Waals surface area (Å²) in [5.74, 6) is -1.31. The van der Waals surface area contributed by atoms with E-state index in [9.17, 15) is 9.59 Å². The second-order valence-electron chi connectivity index (χ2n) is 3.47. The van der Waals surface area contributed by atoms with Crippen molar-refractivity contribution >= 4 is 74.0 Å². The number of hydrogen-bond acceptors (Lipinski definition) is 2. The van der Waals surface area contributed by atoms with Crippen molar-refractivity contribution in [3.05, 3.63) is 47.5 Å². The van der Waals surface area contributed by atoms with E-state index < -0.39 is 11.8 Å². The van der Waals surface area contributed by atoms with Crippen LogP contribution in [0.2, 0.25) is 0 Å². The smallest absolute Gasteiger partial charge is 0.249 e. The maximum atomic E-state index is 11.2.